The van der Waals surface area contributed by atoms with Crippen molar-refractivity contribution in [2.75, 3.05) is 31.5 Å². The first kappa shape index (κ1) is 23.1. The highest BCUT2D eigenvalue weighted by Gasteiger charge is 2.13. The highest BCUT2D eigenvalue weighted by Crippen LogP contribution is 2.20. The minimum atomic E-state index is -0.504. The lowest BCUT2D eigenvalue weighted by molar-refractivity contribution is -0.123. The molecule has 3 N–H and O–H groups in total. The summed E-state index contributed by atoms with van der Waals surface area (Å²) >= 11 is 11.8. The Balaban J connectivity index is 1.37. The summed E-state index contributed by atoms with van der Waals surface area (Å²) in [6.07, 6.45) is 2.50. The van der Waals surface area contributed by atoms with Crippen molar-refractivity contribution in [1.82, 2.24) is 15.5 Å². The molecule has 1 saturated heterocycles. The van der Waals surface area contributed by atoms with Crippen LogP contribution in [0.15, 0.2) is 42.5 Å². The maximum absolute atomic E-state index is 12.1. The van der Waals surface area contributed by atoms with Gasteiger partial charge in [0.1, 0.15) is 0 Å². The van der Waals surface area contributed by atoms with Crippen LogP contribution in [0.5, 0.6) is 0 Å². The van der Waals surface area contributed by atoms with Crippen molar-refractivity contribution in [3.8, 4) is 0 Å². The molecule has 31 heavy (non-hydrogen) atoms. The second-order valence-electron chi connectivity index (χ2n) is 7.31. The number of amides is 3. The van der Waals surface area contributed by atoms with Gasteiger partial charge in [-0.05, 0) is 61.8 Å². The molecular formula is C22H24Cl2N4O3. The van der Waals surface area contributed by atoms with E-state index in [4.69, 9.17) is 23.2 Å². The number of rotatable bonds is 8. The first-order chi connectivity index (χ1) is 14.9. The van der Waals surface area contributed by atoms with Gasteiger partial charge in [0.2, 0.25) is 11.8 Å². The Hall–Kier alpha value is -2.61. The van der Waals surface area contributed by atoms with Crippen LogP contribution < -0.4 is 16.0 Å². The molecule has 0 bridgehead atoms. The first-order valence-electron chi connectivity index (χ1n) is 10.0. The Morgan fingerprint density at radius 2 is 1.55 bits per heavy atom. The maximum Gasteiger partial charge on any atom is 0.253 e. The van der Waals surface area contributed by atoms with Crippen LogP contribution in [0.3, 0.4) is 0 Å². The SMILES string of the molecule is O=C(CNC(=O)c1ccc(Cl)cc1Cl)NCC(=O)Nc1ccc(CN2CCCC2)cc1. The lowest BCUT2D eigenvalue weighted by Crippen LogP contribution is -2.40. The van der Waals surface area contributed by atoms with Gasteiger partial charge in [-0.2, -0.15) is 0 Å². The van der Waals surface area contributed by atoms with Gasteiger partial charge in [0.05, 0.1) is 23.7 Å². The number of carbonyl (C=O) groups excluding carboxylic acids is 3. The Morgan fingerprint density at radius 3 is 2.23 bits per heavy atom. The molecule has 2 aromatic rings. The van der Waals surface area contributed by atoms with E-state index < -0.39 is 11.8 Å². The minimum Gasteiger partial charge on any atom is -0.345 e. The van der Waals surface area contributed by atoms with Crippen LogP contribution in [-0.2, 0) is 16.1 Å². The predicted octanol–water partition coefficient (Wildman–Crippen LogP) is 3.07. The molecule has 2 aromatic carbocycles. The van der Waals surface area contributed by atoms with Gasteiger partial charge < -0.3 is 16.0 Å². The van der Waals surface area contributed by atoms with Crippen LogP contribution in [0.2, 0.25) is 10.0 Å². The predicted molar refractivity (Wildman–Crippen MR) is 121 cm³/mol. The molecule has 0 saturated carbocycles. The number of hydrogen-bond acceptors (Lipinski definition) is 4. The molecule has 0 atom stereocenters. The summed E-state index contributed by atoms with van der Waals surface area (Å²) in [5, 5.41) is 8.26. The van der Waals surface area contributed by atoms with Crippen LogP contribution in [0.1, 0.15) is 28.8 Å². The summed E-state index contributed by atoms with van der Waals surface area (Å²) in [7, 11) is 0. The number of hydrogen-bond donors (Lipinski definition) is 3. The monoisotopic (exact) mass is 462 g/mol. The van der Waals surface area contributed by atoms with Crippen molar-refractivity contribution < 1.29 is 14.4 Å². The molecule has 9 heteroatoms. The highest BCUT2D eigenvalue weighted by molar-refractivity contribution is 6.36. The van der Waals surface area contributed by atoms with Crippen LogP contribution in [0, 0.1) is 0 Å². The van der Waals surface area contributed by atoms with Crippen molar-refractivity contribution in [2.24, 2.45) is 0 Å². The molecular weight excluding hydrogens is 439 g/mol. The van der Waals surface area contributed by atoms with Crippen molar-refractivity contribution in [2.45, 2.75) is 19.4 Å². The zero-order valence-corrected chi connectivity index (χ0v) is 18.4. The third-order valence-electron chi connectivity index (χ3n) is 4.87. The van der Waals surface area contributed by atoms with Gasteiger partial charge in [-0.25, -0.2) is 0 Å². The summed E-state index contributed by atoms with van der Waals surface area (Å²) in [5.74, 6) is -1.35. The molecule has 1 heterocycles. The number of benzene rings is 2. The number of nitrogens with one attached hydrogen (secondary N) is 3. The van der Waals surface area contributed by atoms with Gasteiger partial charge in [0.15, 0.2) is 0 Å². The summed E-state index contributed by atoms with van der Waals surface area (Å²) in [5.41, 5.74) is 2.07. The minimum absolute atomic E-state index is 0.191. The molecule has 1 fully saturated rings. The third-order valence-corrected chi connectivity index (χ3v) is 5.42. The van der Waals surface area contributed by atoms with Crippen LogP contribution in [-0.4, -0.2) is 48.8 Å². The lowest BCUT2D eigenvalue weighted by atomic mass is 10.2. The van der Waals surface area contributed by atoms with E-state index in [0.29, 0.717) is 10.7 Å². The van der Waals surface area contributed by atoms with E-state index >= 15 is 0 Å². The van der Waals surface area contributed by atoms with Crippen LogP contribution >= 0.6 is 23.2 Å². The van der Waals surface area contributed by atoms with Gasteiger partial charge in [0, 0.05) is 17.3 Å². The van der Waals surface area contributed by atoms with E-state index in [1.165, 1.54) is 36.6 Å². The molecule has 7 nitrogen and oxygen atoms in total. The van der Waals surface area contributed by atoms with E-state index in [0.717, 1.165) is 19.6 Å². The smallest absolute Gasteiger partial charge is 0.253 e. The summed E-state index contributed by atoms with van der Waals surface area (Å²) in [4.78, 5) is 38.5. The van der Waals surface area contributed by atoms with E-state index in [9.17, 15) is 14.4 Å². The summed E-state index contributed by atoms with van der Waals surface area (Å²) in [6, 6.07) is 12.1. The number of halogens is 2. The molecule has 3 amide bonds. The van der Waals surface area contributed by atoms with Crippen molar-refractivity contribution in [1.29, 1.82) is 0 Å². The van der Waals surface area contributed by atoms with E-state index in [2.05, 4.69) is 20.9 Å². The molecule has 3 rings (SSSR count). The highest BCUT2D eigenvalue weighted by atomic mass is 35.5. The molecule has 1 aliphatic heterocycles. The quantitative estimate of drug-likeness (QED) is 0.562. The number of likely N-dealkylation sites (tertiary alicyclic amines) is 1. The average molecular weight is 463 g/mol. The molecule has 1 aliphatic rings. The van der Waals surface area contributed by atoms with Crippen LogP contribution in [0.25, 0.3) is 0 Å². The maximum atomic E-state index is 12.1. The van der Waals surface area contributed by atoms with Gasteiger partial charge in [-0.15, -0.1) is 0 Å². The zero-order chi connectivity index (χ0) is 22.2. The Labute approximate surface area is 191 Å². The number of nitrogens with zero attached hydrogens (tertiary/aromatic N) is 1. The zero-order valence-electron chi connectivity index (χ0n) is 16.9. The van der Waals surface area contributed by atoms with Gasteiger partial charge in [0.25, 0.3) is 5.91 Å². The second-order valence-corrected chi connectivity index (χ2v) is 8.16. The Bertz CT molecular complexity index is 944. The van der Waals surface area contributed by atoms with E-state index in [-0.39, 0.29) is 29.6 Å². The van der Waals surface area contributed by atoms with E-state index in [1.807, 2.05) is 24.3 Å². The van der Waals surface area contributed by atoms with Crippen molar-refractivity contribution in [3.63, 3.8) is 0 Å². The number of carbonyl (C=O) groups is 3. The lowest BCUT2D eigenvalue weighted by Gasteiger charge is -2.14. The molecule has 0 unspecified atom stereocenters. The fourth-order valence-corrected chi connectivity index (χ4v) is 3.76. The van der Waals surface area contributed by atoms with Crippen molar-refractivity contribution >= 4 is 46.6 Å². The summed E-state index contributed by atoms with van der Waals surface area (Å²) < 4.78 is 0. The Kier molecular flexibility index (Phi) is 8.28. The molecule has 0 spiro atoms. The van der Waals surface area contributed by atoms with Crippen LogP contribution in [0.4, 0.5) is 5.69 Å². The van der Waals surface area contributed by atoms with Crippen molar-refractivity contribution in [3.05, 3.63) is 63.6 Å². The normalized spacial score (nSPS) is 13.6. The first-order valence-corrected chi connectivity index (χ1v) is 10.8. The molecule has 164 valence electrons. The van der Waals surface area contributed by atoms with E-state index in [1.54, 1.807) is 0 Å². The standard InChI is InChI=1S/C22H24Cl2N4O3/c23-16-5-8-18(19(24)11-16)22(31)26-12-20(29)25-13-21(30)27-17-6-3-15(4-7-17)14-28-9-1-2-10-28/h3-8,11H,1-2,9-10,12-14H2,(H,25,29)(H,26,31)(H,27,30). The van der Waals surface area contributed by atoms with Gasteiger partial charge in [-0.3, -0.25) is 19.3 Å². The fourth-order valence-electron chi connectivity index (χ4n) is 3.27. The molecule has 0 aromatic heterocycles. The molecule has 0 aliphatic carbocycles. The largest absolute Gasteiger partial charge is 0.345 e. The van der Waals surface area contributed by atoms with Gasteiger partial charge >= 0.3 is 0 Å². The summed E-state index contributed by atoms with van der Waals surface area (Å²) in [6.45, 7) is 2.69. The Morgan fingerprint density at radius 1 is 0.871 bits per heavy atom. The third kappa shape index (κ3) is 7.24. The topological polar surface area (TPSA) is 90.5 Å². The second kappa shape index (κ2) is 11.1. The number of anilines is 1. The average Bonchev–Trinajstić information content (AvgIpc) is 3.25. The molecule has 0 radical (unpaired) electrons. The van der Waals surface area contributed by atoms with Gasteiger partial charge in [-0.1, -0.05) is 35.3 Å². The fraction of sp³-hybridized carbons (Fsp3) is 0.318.